The summed E-state index contributed by atoms with van der Waals surface area (Å²) < 4.78 is 0. The number of amides is 2. The van der Waals surface area contributed by atoms with Gasteiger partial charge >= 0.3 is 0 Å². The molecule has 2 amide bonds. The first-order valence-electron chi connectivity index (χ1n) is 5.49. The highest BCUT2D eigenvalue weighted by molar-refractivity contribution is 7.14. The molecule has 7 heteroatoms. The summed E-state index contributed by atoms with van der Waals surface area (Å²) in [4.78, 5) is 24.6. The van der Waals surface area contributed by atoms with Crippen molar-refractivity contribution in [2.75, 3.05) is 25.0 Å². The molecule has 1 aliphatic heterocycles. The average molecular weight is 269 g/mol. The molecule has 1 aromatic heterocycles. The molecule has 0 bridgehead atoms. The Bertz CT molecular complexity index is 476. The molecule has 18 heavy (non-hydrogen) atoms. The van der Waals surface area contributed by atoms with Crippen LogP contribution in [0.15, 0.2) is 11.4 Å². The van der Waals surface area contributed by atoms with Crippen LogP contribution in [0.4, 0.5) is 5.00 Å². The van der Waals surface area contributed by atoms with Gasteiger partial charge in [0.05, 0.1) is 17.7 Å². The Morgan fingerprint density at radius 1 is 1.61 bits per heavy atom. The Morgan fingerprint density at radius 2 is 2.28 bits per heavy atom. The van der Waals surface area contributed by atoms with E-state index in [2.05, 4.69) is 5.32 Å². The van der Waals surface area contributed by atoms with Crippen molar-refractivity contribution in [2.45, 2.75) is 12.5 Å². The molecule has 1 saturated heterocycles. The largest absolute Gasteiger partial charge is 0.388 e. The molecule has 2 heterocycles. The maximum atomic E-state index is 11.7. The molecule has 0 saturated carbocycles. The van der Waals surface area contributed by atoms with Crippen molar-refractivity contribution in [1.82, 2.24) is 4.90 Å². The molecule has 0 radical (unpaired) electrons. The lowest BCUT2D eigenvalue weighted by molar-refractivity contribution is -0.125. The molecule has 2 rings (SSSR count). The van der Waals surface area contributed by atoms with Crippen LogP contribution in [0.3, 0.4) is 0 Å². The first kappa shape index (κ1) is 13.0. The number of hydrogen-bond donors (Lipinski definition) is 3. The molecule has 0 atom stereocenters. The first-order chi connectivity index (χ1) is 8.37. The number of nitrogens with two attached hydrogens (primary N) is 1. The third-order valence-corrected chi connectivity index (χ3v) is 3.51. The van der Waals surface area contributed by atoms with Gasteiger partial charge in [-0.3, -0.25) is 14.5 Å². The van der Waals surface area contributed by atoms with Crippen LogP contribution in [-0.4, -0.2) is 47.1 Å². The second-order valence-electron chi connectivity index (χ2n) is 4.72. The Labute approximate surface area is 108 Å². The third kappa shape index (κ3) is 2.87. The topological polar surface area (TPSA) is 95.7 Å². The van der Waals surface area contributed by atoms with E-state index in [0.29, 0.717) is 23.7 Å². The number of primary amides is 1. The molecule has 0 spiro atoms. The monoisotopic (exact) mass is 269 g/mol. The number of aliphatic hydroxyl groups is 1. The zero-order chi connectivity index (χ0) is 13.3. The first-order valence-corrected chi connectivity index (χ1v) is 6.37. The van der Waals surface area contributed by atoms with E-state index in [1.165, 1.54) is 11.3 Å². The van der Waals surface area contributed by atoms with E-state index in [9.17, 15) is 14.7 Å². The Kier molecular flexibility index (Phi) is 3.38. The van der Waals surface area contributed by atoms with Gasteiger partial charge in [-0.25, -0.2) is 0 Å². The zero-order valence-corrected chi connectivity index (χ0v) is 10.8. The second kappa shape index (κ2) is 4.68. The standard InChI is InChI=1S/C11H15N3O3S/c1-11(17)5-14(6-11)4-8(15)13-10-7(9(12)16)2-3-18-10/h2-3,17H,4-6H2,1H3,(H2,12,16)(H,13,15). The van der Waals surface area contributed by atoms with Crippen molar-refractivity contribution < 1.29 is 14.7 Å². The number of carbonyl (C=O) groups excluding carboxylic acids is 2. The number of likely N-dealkylation sites (tertiary alicyclic amines) is 1. The van der Waals surface area contributed by atoms with Gasteiger partial charge in [-0.05, 0) is 18.4 Å². The van der Waals surface area contributed by atoms with Crippen LogP contribution >= 0.6 is 11.3 Å². The molecule has 1 aliphatic rings. The lowest BCUT2D eigenvalue weighted by Gasteiger charge is -2.43. The van der Waals surface area contributed by atoms with Crippen molar-refractivity contribution in [3.05, 3.63) is 17.0 Å². The lowest BCUT2D eigenvalue weighted by atomic mass is 9.97. The molecule has 1 aromatic rings. The molecule has 0 aromatic carbocycles. The number of hydrogen-bond acceptors (Lipinski definition) is 5. The summed E-state index contributed by atoms with van der Waals surface area (Å²) in [6.07, 6.45) is 0. The average Bonchev–Trinajstić information content (AvgIpc) is 2.62. The fourth-order valence-corrected chi connectivity index (χ4v) is 2.81. The molecule has 4 N–H and O–H groups in total. The van der Waals surface area contributed by atoms with E-state index < -0.39 is 11.5 Å². The van der Waals surface area contributed by atoms with Gasteiger partial charge in [0.2, 0.25) is 5.91 Å². The summed E-state index contributed by atoms with van der Waals surface area (Å²) in [6.45, 7) is 2.89. The number of anilines is 1. The maximum absolute atomic E-state index is 11.7. The molecular formula is C11H15N3O3S. The van der Waals surface area contributed by atoms with Gasteiger partial charge in [-0.2, -0.15) is 0 Å². The van der Waals surface area contributed by atoms with Crippen LogP contribution in [0.2, 0.25) is 0 Å². The molecule has 0 aliphatic carbocycles. The molecule has 0 unspecified atom stereocenters. The minimum Gasteiger partial charge on any atom is -0.388 e. The summed E-state index contributed by atoms with van der Waals surface area (Å²) in [7, 11) is 0. The van der Waals surface area contributed by atoms with Gasteiger partial charge in [-0.1, -0.05) is 0 Å². The number of thiophene rings is 1. The van der Waals surface area contributed by atoms with Crippen LogP contribution < -0.4 is 11.1 Å². The number of rotatable bonds is 4. The number of nitrogens with zero attached hydrogens (tertiary/aromatic N) is 1. The normalized spacial score (nSPS) is 18.1. The van der Waals surface area contributed by atoms with Crippen molar-refractivity contribution in [3.63, 3.8) is 0 Å². The fourth-order valence-electron chi connectivity index (χ4n) is 2.00. The van der Waals surface area contributed by atoms with Crippen LogP contribution in [0.1, 0.15) is 17.3 Å². The van der Waals surface area contributed by atoms with Crippen molar-refractivity contribution in [2.24, 2.45) is 5.73 Å². The third-order valence-electron chi connectivity index (χ3n) is 2.68. The SMILES string of the molecule is CC1(O)CN(CC(=O)Nc2sccc2C(N)=O)C1. The minimum atomic E-state index is -0.693. The zero-order valence-electron chi connectivity index (χ0n) is 9.97. The van der Waals surface area contributed by atoms with Crippen LogP contribution in [0, 0.1) is 0 Å². The summed E-state index contributed by atoms with van der Waals surface area (Å²) in [5.74, 6) is -0.770. The van der Waals surface area contributed by atoms with E-state index in [4.69, 9.17) is 5.73 Å². The van der Waals surface area contributed by atoms with E-state index >= 15 is 0 Å². The predicted molar refractivity (Wildman–Crippen MR) is 68.5 cm³/mol. The van der Waals surface area contributed by atoms with Gasteiger partial charge in [0.15, 0.2) is 0 Å². The molecular weight excluding hydrogens is 254 g/mol. The fraction of sp³-hybridized carbons (Fsp3) is 0.455. The maximum Gasteiger partial charge on any atom is 0.251 e. The van der Waals surface area contributed by atoms with E-state index in [-0.39, 0.29) is 12.5 Å². The number of nitrogens with one attached hydrogen (secondary N) is 1. The number of β-amino-alcohol motifs (C(OH)–C–C–N with tert-alkyl or cyclic N) is 1. The lowest BCUT2D eigenvalue weighted by Crippen LogP contribution is -2.61. The van der Waals surface area contributed by atoms with Gasteiger partial charge in [-0.15, -0.1) is 11.3 Å². The van der Waals surface area contributed by atoms with Crippen LogP contribution in [0.5, 0.6) is 0 Å². The quantitative estimate of drug-likeness (QED) is 0.708. The Hall–Kier alpha value is -1.44. The summed E-state index contributed by atoms with van der Waals surface area (Å²) >= 11 is 1.26. The van der Waals surface area contributed by atoms with E-state index in [0.717, 1.165) is 0 Å². The number of carbonyl (C=O) groups is 2. The smallest absolute Gasteiger partial charge is 0.251 e. The highest BCUT2D eigenvalue weighted by Gasteiger charge is 2.37. The van der Waals surface area contributed by atoms with Crippen LogP contribution in [0.25, 0.3) is 0 Å². The summed E-state index contributed by atoms with van der Waals surface area (Å²) in [5.41, 5.74) is 4.81. The van der Waals surface area contributed by atoms with Gasteiger partial charge in [0.1, 0.15) is 5.00 Å². The van der Waals surface area contributed by atoms with E-state index in [1.807, 2.05) is 4.90 Å². The van der Waals surface area contributed by atoms with Crippen molar-refractivity contribution in [3.8, 4) is 0 Å². The Balaban J connectivity index is 1.88. The molecule has 98 valence electrons. The van der Waals surface area contributed by atoms with Gasteiger partial charge < -0.3 is 16.2 Å². The van der Waals surface area contributed by atoms with E-state index in [1.54, 1.807) is 18.4 Å². The molecule has 1 fully saturated rings. The van der Waals surface area contributed by atoms with Gasteiger partial charge in [0, 0.05) is 13.1 Å². The highest BCUT2D eigenvalue weighted by atomic mass is 32.1. The highest BCUT2D eigenvalue weighted by Crippen LogP contribution is 2.23. The summed E-state index contributed by atoms with van der Waals surface area (Å²) in [5, 5.41) is 14.4. The van der Waals surface area contributed by atoms with Crippen molar-refractivity contribution >= 4 is 28.2 Å². The van der Waals surface area contributed by atoms with Crippen LogP contribution in [-0.2, 0) is 4.79 Å². The predicted octanol–water partition coefficient (Wildman–Crippen LogP) is -0.148. The van der Waals surface area contributed by atoms with Gasteiger partial charge in [0.25, 0.3) is 5.91 Å². The summed E-state index contributed by atoms with van der Waals surface area (Å²) in [6, 6.07) is 1.58. The van der Waals surface area contributed by atoms with Crippen molar-refractivity contribution in [1.29, 1.82) is 0 Å². The Morgan fingerprint density at radius 3 is 2.83 bits per heavy atom. The molecule has 6 nitrogen and oxygen atoms in total. The minimum absolute atomic E-state index is 0.201. The second-order valence-corrected chi connectivity index (χ2v) is 5.63.